The number of sulfone groups is 1. The third-order valence-electron chi connectivity index (χ3n) is 6.33. The van der Waals surface area contributed by atoms with Gasteiger partial charge in [-0.2, -0.15) is 26.3 Å². The highest BCUT2D eigenvalue weighted by atomic mass is 32.2. The van der Waals surface area contributed by atoms with Crippen LogP contribution in [0.5, 0.6) is 5.75 Å². The summed E-state index contributed by atoms with van der Waals surface area (Å²) in [6, 6.07) is 16.6. The molecule has 0 aliphatic carbocycles. The van der Waals surface area contributed by atoms with Gasteiger partial charge in [-0.15, -0.1) is 5.10 Å². The molecule has 5 aromatic rings. The van der Waals surface area contributed by atoms with Crippen LogP contribution in [0.1, 0.15) is 11.5 Å². The zero-order valence-corrected chi connectivity index (χ0v) is 23.2. The molecular weight excluding hydrogens is 600 g/mol. The van der Waals surface area contributed by atoms with Crippen molar-refractivity contribution in [1.82, 2.24) is 24.5 Å². The lowest BCUT2D eigenvalue weighted by atomic mass is 10.0. The van der Waals surface area contributed by atoms with Gasteiger partial charge in [0.05, 0.1) is 28.2 Å². The number of halogens is 6. The molecule has 0 spiro atoms. The topological polar surface area (TPSA) is 91.9 Å². The number of rotatable bonds is 7. The molecule has 0 saturated carbocycles. The fourth-order valence-corrected chi connectivity index (χ4v) is 5.00. The summed E-state index contributed by atoms with van der Waals surface area (Å²) in [4.78, 5) is 3.73. The van der Waals surface area contributed by atoms with Gasteiger partial charge in [0.15, 0.2) is 22.1 Å². The molecule has 0 atom stereocenters. The van der Waals surface area contributed by atoms with Crippen LogP contribution in [0.15, 0.2) is 84.0 Å². The SMILES string of the molecule is Cc1nc(C(F)(F)F)cn1-c1ccc(-c2cccc(S(C)(=O)=O)c2)cc1-n1nncc1-c1ccc(OCC(F)(F)F)cc1. The number of benzene rings is 3. The first-order valence-electron chi connectivity index (χ1n) is 12.4. The largest absolute Gasteiger partial charge is 0.484 e. The smallest absolute Gasteiger partial charge is 0.434 e. The molecule has 0 bridgehead atoms. The van der Waals surface area contributed by atoms with Gasteiger partial charge in [-0.05, 0) is 66.6 Å². The van der Waals surface area contributed by atoms with E-state index in [1.54, 1.807) is 30.3 Å². The number of aromatic nitrogens is 5. The zero-order chi connectivity index (χ0) is 31.2. The summed E-state index contributed by atoms with van der Waals surface area (Å²) < 4.78 is 110. The van der Waals surface area contributed by atoms with E-state index >= 15 is 0 Å². The maximum Gasteiger partial charge on any atom is 0.434 e. The van der Waals surface area contributed by atoms with Gasteiger partial charge in [0.25, 0.3) is 0 Å². The van der Waals surface area contributed by atoms with Gasteiger partial charge in [0.2, 0.25) is 0 Å². The van der Waals surface area contributed by atoms with Gasteiger partial charge >= 0.3 is 12.4 Å². The van der Waals surface area contributed by atoms with Crippen LogP contribution in [0.25, 0.3) is 33.8 Å². The van der Waals surface area contributed by atoms with Gasteiger partial charge in [0, 0.05) is 18.0 Å². The zero-order valence-electron chi connectivity index (χ0n) is 22.3. The lowest BCUT2D eigenvalue weighted by Gasteiger charge is -2.16. The predicted molar refractivity (Wildman–Crippen MR) is 144 cm³/mol. The van der Waals surface area contributed by atoms with E-state index in [2.05, 4.69) is 15.3 Å². The van der Waals surface area contributed by atoms with Crippen LogP contribution in [0.4, 0.5) is 26.3 Å². The number of nitrogens with zero attached hydrogens (tertiary/aromatic N) is 5. The van der Waals surface area contributed by atoms with Crippen molar-refractivity contribution in [2.45, 2.75) is 24.2 Å². The van der Waals surface area contributed by atoms with Crippen molar-refractivity contribution in [3.63, 3.8) is 0 Å². The summed E-state index contributed by atoms with van der Waals surface area (Å²) in [5.74, 6) is 0.00972. The second-order valence-electron chi connectivity index (χ2n) is 9.50. The van der Waals surface area contributed by atoms with E-state index in [4.69, 9.17) is 4.74 Å². The average Bonchev–Trinajstić information content (AvgIpc) is 3.58. The van der Waals surface area contributed by atoms with E-state index in [9.17, 15) is 34.8 Å². The summed E-state index contributed by atoms with van der Waals surface area (Å²) in [6.45, 7) is -0.0584. The third kappa shape index (κ3) is 6.56. The minimum absolute atomic E-state index is 0.0257. The Hall–Kier alpha value is -4.66. The molecule has 15 heteroatoms. The van der Waals surface area contributed by atoms with Gasteiger partial charge in [0.1, 0.15) is 11.6 Å². The maximum atomic E-state index is 13.5. The first-order valence-corrected chi connectivity index (χ1v) is 14.3. The highest BCUT2D eigenvalue weighted by Gasteiger charge is 2.35. The molecule has 0 radical (unpaired) electrons. The van der Waals surface area contributed by atoms with E-state index in [1.807, 2.05) is 0 Å². The average molecular weight is 622 g/mol. The van der Waals surface area contributed by atoms with Crippen molar-refractivity contribution in [2.24, 2.45) is 0 Å². The Bertz CT molecular complexity index is 1900. The van der Waals surface area contributed by atoms with Gasteiger partial charge in [-0.1, -0.05) is 23.4 Å². The third-order valence-corrected chi connectivity index (χ3v) is 7.44. The first-order chi connectivity index (χ1) is 20.1. The van der Waals surface area contributed by atoms with E-state index < -0.39 is 34.5 Å². The van der Waals surface area contributed by atoms with Crippen molar-refractivity contribution >= 4 is 9.84 Å². The Labute approximate surface area is 241 Å². The van der Waals surface area contributed by atoms with Gasteiger partial charge < -0.3 is 9.30 Å². The molecule has 2 heterocycles. The maximum absolute atomic E-state index is 13.5. The molecule has 0 N–H and O–H groups in total. The van der Waals surface area contributed by atoms with Crippen LogP contribution < -0.4 is 4.74 Å². The Balaban J connectivity index is 1.65. The highest BCUT2D eigenvalue weighted by Crippen LogP contribution is 2.34. The summed E-state index contributed by atoms with van der Waals surface area (Å²) in [7, 11) is -3.53. The number of alkyl halides is 6. The fraction of sp³-hybridized carbons (Fsp3) is 0.179. The summed E-state index contributed by atoms with van der Waals surface area (Å²) in [6.07, 6.45) is -5.91. The number of aryl methyl sites for hydroxylation is 1. The molecule has 0 aliphatic heterocycles. The van der Waals surface area contributed by atoms with E-state index in [0.29, 0.717) is 22.4 Å². The summed E-state index contributed by atoms with van der Waals surface area (Å²) >= 11 is 0. The second-order valence-corrected chi connectivity index (χ2v) is 11.5. The summed E-state index contributed by atoms with van der Waals surface area (Å²) in [5, 5.41) is 8.12. The van der Waals surface area contributed by atoms with Crippen molar-refractivity contribution in [1.29, 1.82) is 0 Å². The molecule has 0 saturated heterocycles. The van der Waals surface area contributed by atoms with Crippen LogP contribution in [-0.4, -0.2) is 52.0 Å². The normalized spacial score (nSPS) is 12.5. The van der Waals surface area contributed by atoms with Crippen molar-refractivity contribution in [3.8, 4) is 39.5 Å². The van der Waals surface area contributed by atoms with E-state index in [-0.39, 0.29) is 27.8 Å². The molecule has 0 amide bonds. The molecule has 0 fully saturated rings. The number of imidazole rings is 1. The molecule has 2 aromatic heterocycles. The van der Waals surface area contributed by atoms with E-state index in [1.165, 1.54) is 58.8 Å². The summed E-state index contributed by atoms with van der Waals surface area (Å²) in [5.41, 5.74) is 1.28. The second kappa shape index (κ2) is 10.9. The lowest BCUT2D eigenvalue weighted by molar-refractivity contribution is -0.153. The monoisotopic (exact) mass is 621 g/mol. The van der Waals surface area contributed by atoms with Crippen LogP contribution >= 0.6 is 0 Å². The number of hydrogen-bond acceptors (Lipinski definition) is 6. The quantitative estimate of drug-likeness (QED) is 0.194. The van der Waals surface area contributed by atoms with Crippen LogP contribution in [0.2, 0.25) is 0 Å². The molecule has 43 heavy (non-hydrogen) atoms. The van der Waals surface area contributed by atoms with Crippen LogP contribution in [0.3, 0.4) is 0 Å². The molecule has 3 aromatic carbocycles. The molecule has 0 aliphatic rings. The minimum Gasteiger partial charge on any atom is -0.484 e. The van der Waals surface area contributed by atoms with Crippen molar-refractivity contribution in [3.05, 3.63) is 90.6 Å². The molecule has 8 nitrogen and oxygen atoms in total. The fourth-order valence-electron chi connectivity index (χ4n) is 4.33. The predicted octanol–water partition coefficient (Wildman–Crippen LogP) is 6.46. The van der Waals surface area contributed by atoms with Crippen molar-refractivity contribution < 1.29 is 39.5 Å². The minimum atomic E-state index is -4.70. The molecule has 224 valence electrons. The Morgan fingerprint density at radius 2 is 1.53 bits per heavy atom. The van der Waals surface area contributed by atoms with Gasteiger partial charge in [-0.25, -0.2) is 18.1 Å². The Morgan fingerprint density at radius 1 is 0.860 bits per heavy atom. The Morgan fingerprint density at radius 3 is 2.16 bits per heavy atom. The Kier molecular flexibility index (Phi) is 7.54. The van der Waals surface area contributed by atoms with Crippen LogP contribution in [-0.2, 0) is 16.0 Å². The van der Waals surface area contributed by atoms with Crippen LogP contribution in [0, 0.1) is 6.92 Å². The first kappa shape index (κ1) is 29.8. The lowest BCUT2D eigenvalue weighted by Crippen LogP contribution is -2.19. The molecular formula is C28H21F6N5O3S. The molecule has 5 rings (SSSR count). The molecule has 0 unspecified atom stereocenters. The van der Waals surface area contributed by atoms with Gasteiger partial charge in [-0.3, -0.25) is 0 Å². The number of hydrogen-bond donors (Lipinski definition) is 0. The van der Waals surface area contributed by atoms with Crippen molar-refractivity contribution in [2.75, 3.05) is 12.9 Å². The number of ether oxygens (including phenoxy) is 1. The highest BCUT2D eigenvalue weighted by molar-refractivity contribution is 7.90. The van der Waals surface area contributed by atoms with E-state index in [0.717, 1.165) is 12.5 Å². The standard InChI is InChI=1S/C28H21F6N5O3S/c1-17-36-26(28(32,33)34)15-38(17)23-11-8-20(19-4-3-5-22(12-19)43(2,40)41)13-24(23)39-25(14-35-37-39)18-6-9-21(10-7-18)42-16-27(29,30)31/h3-15H,16H2,1-2H3.